The minimum absolute atomic E-state index is 0.622. The average Bonchev–Trinajstić information content (AvgIpc) is 2.59. The molecule has 0 aromatic heterocycles. The van der Waals surface area contributed by atoms with E-state index < -0.39 is 10.8 Å². The van der Waals surface area contributed by atoms with Crippen LogP contribution in [0.25, 0.3) is 0 Å². The van der Waals surface area contributed by atoms with E-state index in [-0.39, 0.29) is 0 Å². The Kier molecular flexibility index (Phi) is 5.64. The third-order valence-electron chi connectivity index (χ3n) is 4.42. The van der Waals surface area contributed by atoms with Gasteiger partial charge in [-0.2, -0.15) is 0 Å². The average molecular weight is 272 g/mol. The molecular weight excluding hydrogens is 244 g/mol. The summed E-state index contributed by atoms with van der Waals surface area (Å²) in [6.07, 6.45) is 9.56. The van der Waals surface area contributed by atoms with Gasteiger partial charge in [0.2, 0.25) is 0 Å². The number of fused-ring (bicyclic) bond motifs is 2. The van der Waals surface area contributed by atoms with Crippen LogP contribution in [0.15, 0.2) is 0 Å². The van der Waals surface area contributed by atoms with Gasteiger partial charge in [0, 0.05) is 40.9 Å². The third kappa shape index (κ3) is 3.78. The fourth-order valence-electron chi connectivity index (χ4n) is 3.60. The number of piperidine rings is 1. The minimum atomic E-state index is -0.622. The van der Waals surface area contributed by atoms with Crippen LogP contribution in [-0.4, -0.2) is 52.3 Å². The summed E-state index contributed by atoms with van der Waals surface area (Å²) in [7, 11) is -0.622. The van der Waals surface area contributed by atoms with E-state index >= 15 is 0 Å². The first-order chi connectivity index (χ1) is 8.70. The molecule has 0 aromatic rings. The molecule has 4 heteroatoms. The summed E-state index contributed by atoms with van der Waals surface area (Å²) in [5, 5.41) is 3.69. The number of nitrogens with zero attached hydrogens (tertiary/aromatic N) is 1. The smallest absolute Gasteiger partial charge is 0.0244 e. The van der Waals surface area contributed by atoms with Crippen LogP contribution < -0.4 is 5.32 Å². The molecule has 2 bridgehead atoms. The lowest BCUT2D eigenvalue weighted by Gasteiger charge is -2.39. The monoisotopic (exact) mass is 272 g/mol. The molecular formula is C14H28N2OS. The lowest BCUT2D eigenvalue weighted by Crippen LogP contribution is -2.49. The Morgan fingerprint density at radius 3 is 2.50 bits per heavy atom. The van der Waals surface area contributed by atoms with E-state index in [9.17, 15) is 4.21 Å². The van der Waals surface area contributed by atoms with Crippen LogP contribution in [0.3, 0.4) is 0 Å². The van der Waals surface area contributed by atoms with Crippen LogP contribution in [-0.2, 0) is 10.8 Å². The molecule has 2 aliphatic heterocycles. The molecule has 0 aliphatic carbocycles. The summed E-state index contributed by atoms with van der Waals surface area (Å²) in [6.45, 7) is 4.57. The van der Waals surface area contributed by atoms with Gasteiger partial charge in [0.1, 0.15) is 0 Å². The zero-order chi connectivity index (χ0) is 13.0. The van der Waals surface area contributed by atoms with Gasteiger partial charge < -0.3 is 5.32 Å². The maximum absolute atomic E-state index is 11.1. The van der Waals surface area contributed by atoms with Crippen molar-refractivity contribution in [3.05, 3.63) is 0 Å². The molecule has 0 radical (unpaired) electrons. The quantitative estimate of drug-likeness (QED) is 0.766. The van der Waals surface area contributed by atoms with E-state index in [2.05, 4.69) is 17.1 Å². The molecule has 18 heavy (non-hydrogen) atoms. The van der Waals surface area contributed by atoms with Gasteiger partial charge in [-0.1, -0.05) is 6.92 Å². The van der Waals surface area contributed by atoms with Gasteiger partial charge >= 0.3 is 0 Å². The van der Waals surface area contributed by atoms with Crippen molar-refractivity contribution in [2.75, 3.05) is 25.1 Å². The van der Waals surface area contributed by atoms with Crippen LogP contribution >= 0.6 is 0 Å². The van der Waals surface area contributed by atoms with Gasteiger partial charge in [0.15, 0.2) is 0 Å². The summed E-state index contributed by atoms with van der Waals surface area (Å²) in [5.41, 5.74) is 0. The number of hydrogen-bond donors (Lipinski definition) is 1. The second-order valence-corrected chi connectivity index (χ2v) is 7.43. The van der Waals surface area contributed by atoms with Crippen LogP contribution in [0.2, 0.25) is 0 Å². The van der Waals surface area contributed by atoms with Crippen molar-refractivity contribution in [1.29, 1.82) is 0 Å². The summed E-state index contributed by atoms with van der Waals surface area (Å²) < 4.78 is 11.1. The van der Waals surface area contributed by atoms with Gasteiger partial charge in [-0.3, -0.25) is 9.11 Å². The Hall–Kier alpha value is 0.0700. The Morgan fingerprint density at radius 2 is 1.94 bits per heavy atom. The second kappa shape index (κ2) is 7.01. The molecule has 0 amide bonds. The topological polar surface area (TPSA) is 32.3 Å². The van der Waals surface area contributed by atoms with Crippen LogP contribution in [0, 0.1) is 0 Å². The fraction of sp³-hybridized carbons (Fsp3) is 1.00. The van der Waals surface area contributed by atoms with Gasteiger partial charge in [-0.05, 0) is 51.6 Å². The van der Waals surface area contributed by atoms with E-state index in [1.807, 2.05) is 6.26 Å². The first kappa shape index (κ1) is 14.5. The maximum Gasteiger partial charge on any atom is 0.0244 e. The zero-order valence-corrected chi connectivity index (χ0v) is 12.7. The number of hydrogen-bond acceptors (Lipinski definition) is 3. The highest BCUT2D eigenvalue weighted by molar-refractivity contribution is 7.84. The van der Waals surface area contributed by atoms with E-state index in [1.165, 1.54) is 38.6 Å². The molecule has 1 N–H and O–H groups in total. The van der Waals surface area contributed by atoms with E-state index in [4.69, 9.17) is 0 Å². The zero-order valence-electron chi connectivity index (χ0n) is 11.9. The minimum Gasteiger partial charge on any atom is -0.314 e. The van der Waals surface area contributed by atoms with Crippen molar-refractivity contribution < 1.29 is 4.21 Å². The van der Waals surface area contributed by atoms with Gasteiger partial charge in [-0.25, -0.2) is 0 Å². The fourth-order valence-corrected chi connectivity index (χ4v) is 4.14. The summed E-state index contributed by atoms with van der Waals surface area (Å²) in [6, 6.07) is 2.34. The maximum atomic E-state index is 11.1. The third-order valence-corrected chi connectivity index (χ3v) is 5.28. The highest BCUT2D eigenvalue weighted by Gasteiger charge is 2.39. The lowest BCUT2D eigenvalue weighted by molar-refractivity contribution is 0.117. The van der Waals surface area contributed by atoms with E-state index in [1.54, 1.807) is 0 Å². The molecule has 2 fully saturated rings. The van der Waals surface area contributed by atoms with E-state index in [0.29, 0.717) is 0 Å². The normalized spacial score (nSPS) is 33.8. The SMILES string of the molecule is CCCNC1CC2CCC(C1)N2CCCS(C)=O. The summed E-state index contributed by atoms with van der Waals surface area (Å²) in [4.78, 5) is 2.71. The molecule has 3 atom stereocenters. The highest BCUT2D eigenvalue weighted by Crippen LogP contribution is 2.35. The molecule has 0 saturated carbocycles. The van der Waals surface area contributed by atoms with Crippen molar-refractivity contribution in [3.63, 3.8) is 0 Å². The molecule has 0 spiro atoms. The molecule has 3 nitrogen and oxygen atoms in total. The molecule has 2 saturated heterocycles. The van der Waals surface area contributed by atoms with Gasteiger partial charge in [0.05, 0.1) is 0 Å². The van der Waals surface area contributed by atoms with Crippen LogP contribution in [0.4, 0.5) is 0 Å². The Morgan fingerprint density at radius 1 is 1.28 bits per heavy atom. The molecule has 2 heterocycles. The predicted molar refractivity (Wildman–Crippen MR) is 78.4 cm³/mol. The molecule has 2 aliphatic rings. The van der Waals surface area contributed by atoms with Gasteiger partial charge in [-0.15, -0.1) is 0 Å². The molecule has 0 aromatic carbocycles. The van der Waals surface area contributed by atoms with Crippen molar-refractivity contribution >= 4 is 10.8 Å². The summed E-state index contributed by atoms with van der Waals surface area (Å²) in [5.74, 6) is 0.869. The number of rotatable bonds is 7. The van der Waals surface area contributed by atoms with Crippen molar-refractivity contribution in [2.24, 2.45) is 0 Å². The molecule has 3 unspecified atom stereocenters. The number of nitrogens with one attached hydrogen (secondary N) is 1. The van der Waals surface area contributed by atoms with E-state index in [0.717, 1.165) is 36.8 Å². The largest absolute Gasteiger partial charge is 0.314 e. The predicted octanol–water partition coefficient (Wildman–Crippen LogP) is 1.75. The molecule has 2 rings (SSSR count). The van der Waals surface area contributed by atoms with Crippen LogP contribution in [0.1, 0.15) is 45.4 Å². The van der Waals surface area contributed by atoms with Crippen LogP contribution in [0.5, 0.6) is 0 Å². The Bertz CT molecular complexity index is 271. The Balaban J connectivity index is 1.77. The van der Waals surface area contributed by atoms with Gasteiger partial charge in [0.25, 0.3) is 0 Å². The first-order valence-corrected chi connectivity index (χ1v) is 9.22. The second-order valence-electron chi connectivity index (χ2n) is 5.88. The Labute approximate surface area is 114 Å². The highest BCUT2D eigenvalue weighted by atomic mass is 32.2. The molecule has 106 valence electrons. The standard InChI is InChI=1S/C14H28N2OS/c1-3-7-15-12-10-13-5-6-14(11-12)16(13)8-4-9-18(2)17/h12-15H,3-11H2,1-2H3. The lowest BCUT2D eigenvalue weighted by atomic mass is 9.97. The van der Waals surface area contributed by atoms with Crippen molar-refractivity contribution in [1.82, 2.24) is 10.2 Å². The first-order valence-electron chi connectivity index (χ1n) is 7.50. The van der Waals surface area contributed by atoms with Crippen molar-refractivity contribution in [2.45, 2.75) is 63.6 Å². The summed E-state index contributed by atoms with van der Waals surface area (Å²) >= 11 is 0. The van der Waals surface area contributed by atoms with Crippen molar-refractivity contribution in [3.8, 4) is 0 Å².